The molecular formula is C64H40N6. The number of fused-ring (bicyclic) bond motifs is 14. The van der Waals surface area contributed by atoms with Gasteiger partial charge in [0.2, 0.25) is 0 Å². The molecule has 5 aromatic heterocycles. The third-order valence-electron chi connectivity index (χ3n) is 14.4. The summed E-state index contributed by atoms with van der Waals surface area (Å²) in [6, 6.07) is 87.1. The Balaban J connectivity index is 1.09. The number of para-hydroxylation sites is 6. The molecule has 0 saturated carbocycles. The van der Waals surface area contributed by atoms with Crippen LogP contribution in [0.15, 0.2) is 243 Å². The quantitative estimate of drug-likeness (QED) is 0.167. The van der Waals surface area contributed by atoms with Crippen LogP contribution in [-0.2, 0) is 0 Å². The van der Waals surface area contributed by atoms with Crippen molar-refractivity contribution in [1.29, 1.82) is 0 Å². The van der Waals surface area contributed by atoms with Gasteiger partial charge < -0.3 is 9.13 Å². The maximum absolute atomic E-state index is 5.65. The van der Waals surface area contributed by atoms with Crippen LogP contribution in [0.1, 0.15) is 0 Å². The topological polar surface area (TPSA) is 45.5 Å². The predicted molar refractivity (Wildman–Crippen MR) is 290 cm³/mol. The number of rotatable bonds is 6. The number of aromatic nitrogens is 6. The Hall–Kier alpha value is -9.52. The van der Waals surface area contributed by atoms with Crippen molar-refractivity contribution < 1.29 is 0 Å². The van der Waals surface area contributed by atoms with Gasteiger partial charge in [-0.05, 0) is 71.8 Å². The molecule has 0 bridgehead atoms. The molecule has 0 spiro atoms. The fourth-order valence-corrected chi connectivity index (χ4v) is 11.4. The van der Waals surface area contributed by atoms with Crippen LogP contribution in [0.3, 0.4) is 0 Å². The highest BCUT2D eigenvalue weighted by Crippen LogP contribution is 2.45. The number of hydrogen-bond acceptors (Lipinski definition) is 2. The molecule has 0 aliphatic rings. The molecule has 0 unspecified atom stereocenters. The molecule has 10 aromatic carbocycles. The highest BCUT2D eigenvalue weighted by atomic mass is 15.2. The summed E-state index contributed by atoms with van der Waals surface area (Å²) in [4.78, 5) is 11.3. The summed E-state index contributed by atoms with van der Waals surface area (Å²) >= 11 is 0. The first-order valence-electron chi connectivity index (χ1n) is 23.8. The van der Waals surface area contributed by atoms with Crippen molar-refractivity contribution in [2.24, 2.45) is 0 Å². The summed E-state index contributed by atoms with van der Waals surface area (Å²) in [7, 11) is 0. The van der Waals surface area contributed by atoms with E-state index in [9.17, 15) is 0 Å². The van der Waals surface area contributed by atoms with E-state index in [1.54, 1.807) is 0 Å². The summed E-state index contributed by atoms with van der Waals surface area (Å²) < 4.78 is 9.58. The van der Waals surface area contributed by atoms with Gasteiger partial charge in [0.15, 0.2) is 5.82 Å². The zero-order valence-electron chi connectivity index (χ0n) is 37.8. The lowest BCUT2D eigenvalue weighted by atomic mass is 10.0. The van der Waals surface area contributed by atoms with Crippen molar-refractivity contribution >= 4 is 87.2 Å². The van der Waals surface area contributed by atoms with E-state index in [4.69, 9.17) is 9.97 Å². The maximum Gasteiger partial charge on any atom is 0.163 e. The molecule has 6 nitrogen and oxygen atoms in total. The van der Waals surface area contributed by atoms with Crippen LogP contribution in [0.5, 0.6) is 0 Å². The van der Waals surface area contributed by atoms with Gasteiger partial charge in [0, 0.05) is 66.1 Å². The maximum atomic E-state index is 5.65. The molecule has 326 valence electrons. The van der Waals surface area contributed by atoms with E-state index >= 15 is 0 Å². The SMILES string of the molecule is c1ccc(-c2ccc(-c3nc(-n4c5ccccc5c5ccc6c(c7ccccc7n6-c6ccccc6)c54)cc(-n4c5ccccc5c5ccc6c(c7ccccc7n6-c6ccccc6)c54)n3)cc2)cc1. The average Bonchev–Trinajstić information content (AvgIpc) is 4.17. The van der Waals surface area contributed by atoms with Gasteiger partial charge in [0.05, 0.1) is 44.1 Å². The van der Waals surface area contributed by atoms with Gasteiger partial charge in [-0.25, -0.2) is 9.97 Å². The first kappa shape index (κ1) is 38.6. The molecule has 70 heavy (non-hydrogen) atoms. The van der Waals surface area contributed by atoms with Crippen LogP contribution in [0.4, 0.5) is 0 Å². The molecule has 0 atom stereocenters. The fraction of sp³-hybridized carbons (Fsp3) is 0. The standard InChI is InChI=1S/C64H40N6/c1-4-18-41(19-5-1)42-32-34-43(35-33-42)64-65-58(69-52-28-14-10-24-46(52)48-36-38-56-60(62(48)69)50-26-12-16-30-54(50)67(56)44-20-6-2-7-21-44)40-59(66-64)70-53-29-15-11-25-47(53)49-37-39-57-61(63(49)70)51-27-13-17-31-55(51)68(57)45-22-8-3-9-23-45/h1-40H. The monoisotopic (exact) mass is 892 g/mol. The molecule has 0 fully saturated rings. The van der Waals surface area contributed by atoms with Gasteiger partial charge in [-0.15, -0.1) is 0 Å². The van der Waals surface area contributed by atoms with E-state index in [0.29, 0.717) is 5.82 Å². The van der Waals surface area contributed by atoms with Crippen molar-refractivity contribution in [3.63, 3.8) is 0 Å². The van der Waals surface area contributed by atoms with Crippen LogP contribution in [-0.4, -0.2) is 28.2 Å². The predicted octanol–water partition coefficient (Wildman–Crippen LogP) is 16.2. The van der Waals surface area contributed by atoms with Crippen molar-refractivity contribution in [3.05, 3.63) is 243 Å². The van der Waals surface area contributed by atoms with Gasteiger partial charge in [-0.3, -0.25) is 9.13 Å². The summed E-state index contributed by atoms with van der Waals surface area (Å²) in [5.41, 5.74) is 14.4. The zero-order chi connectivity index (χ0) is 45.9. The van der Waals surface area contributed by atoms with Crippen molar-refractivity contribution in [3.8, 4) is 45.5 Å². The lowest BCUT2D eigenvalue weighted by molar-refractivity contribution is 0.996. The van der Waals surface area contributed by atoms with Crippen LogP contribution < -0.4 is 0 Å². The fourth-order valence-electron chi connectivity index (χ4n) is 11.4. The van der Waals surface area contributed by atoms with E-state index in [-0.39, 0.29) is 0 Å². The Morgan fingerprint density at radius 3 is 1.06 bits per heavy atom. The van der Waals surface area contributed by atoms with Crippen LogP contribution in [0, 0.1) is 0 Å². The first-order valence-corrected chi connectivity index (χ1v) is 23.8. The minimum absolute atomic E-state index is 0.641. The number of nitrogens with zero attached hydrogens (tertiary/aromatic N) is 6. The van der Waals surface area contributed by atoms with Crippen LogP contribution >= 0.6 is 0 Å². The van der Waals surface area contributed by atoms with E-state index in [1.165, 1.54) is 32.3 Å². The van der Waals surface area contributed by atoms with Crippen molar-refractivity contribution in [1.82, 2.24) is 28.2 Å². The van der Waals surface area contributed by atoms with E-state index in [1.807, 2.05) is 0 Å². The Morgan fingerprint density at radius 1 is 0.243 bits per heavy atom. The molecular weight excluding hydrogens is 853 g/mol. The second-order valence-corrected chi connectivity index (χ2v) is 18.1. The average molecular weight is 893 g/mol. The Labute approximate surface area is 401 Å². The third-order valence-corrected chi connectivity index (χ3v) is 14.4. The van der Waals surface area contributed by atoms with Crippen molar-refractivity contribution in [2.45, 2.75) is 0 Å². The van der Waals surface area contributed by atoms with E-state index < -0.39 is 0 Å². The Bertz CT molecular complexity index is 4310. The second kappa shape index (κ2) is 15.0. The minimum Gasteiger partial charge on any atom is -0.309 e. The third kappa shape index (κ3) is 5.56. The summed E-state index contributed by atoms with van der Waals surface area (Å²) in [6.45, 7) is 0. The lowest BCUT2D eigenvalue weighted by Gasteiger charge is -2.15. The van der Waals surface area contributed by atoms with Gasteiger partial charge in [-0.2, -0.15) is 0 Å². The molecule has 0 radical (unpaired) electrons. The van der Waals surface area contributed by atoms with Gasteiger partial charge in [0.25, 0.3) is 0 Å². The molecule has 6 heteroatoms. The van der Waals surface area contributed by atoms with Gasteiger partial charge in [0.1, 0.15) is 11.6 Å². The molecule has 0 saturated heterocycles. The lowest BCUT2D eigenvalue weighted by Crippen LogP contribution is -2.06. The zero-order valence-corrected chi connectivity index (χ0v) is 37.8. The molecule has 0 aliphatic carbocycles. The second-order valence-electron chi connectivity index (χ2n) is 18.1. The van der Waals surface area contributed by atoms with E-state index in [0.717, 1.165) is 94.6 Å². The highest BCUT2D eigenvalue weighted by Gasteiger charge is 2.25. The Morgan fingerprint density at radius 2 is 0.600 bits per heavy atom. The molecule has 0 amide bonds. The summed E-state index contributed by atoms with van der Waals surface area (Å²) in [6.07, 6.45) is 0. The molecule has 15 aromatic rings. The largest absolute Gasteiger partial charge is 0.309 e. The van der Waals surface area contributed by atoms with Crippen LogP contribution in [0.2, 0.25) is 0 Å². The summed E-state index contributed by atoms with van der Waals surface area (Å²) in [5.74, 6) is 2.21. The number of hydrogen-bond donors (Lipinski definition) is 0. The van der Waals surface area contributed by atoms with Gasteiger partial charge >= 0.3 is 0 Å². The molecule has 0 N–H and O–H groups in total. The molecule has 0 aliphatic heterocycles. The van der Waals surface area contributed by atoms with Crippen molar-refractivity contribution in [2.75, 3.05) is 0 Å². The Kier molecular flexibility index (Phi) is 8.26. The molecule has 5 heterocycles. The highest BCUT2D eigenvalue weighted by molar-refractivity contribution is 6.27. The first-order chi connectivity index (χ1) is 34.8. The van der Waals surface area contributed by atoms with Gasteiger partial charge in [-0.1, -0.05) is 176 Å². The normalized spacial score (nSPS) is 12.0. The molecule has 15 rings (SSSR count). The smallest absolute Gasteiger partial charge is 0.163 e. The van der Waals surface area contributed by atoms with Crippen LogP contribution in [0.25, 0.3) is 133 Å². The van der Waals surface area contributed by atoms with E-state index in [2.05, 4.69) is 261 Å². The summed E-state index contributed by atoms with van der Waals surface area (Å²) in [5, 5.41) is 9.38. The number of benzene rings is 10. The minimum atomic E-state index is 0.641.